The molecule has 106 valence electrons. The van der Waals surface area contributed by atoms with E-state index in [2.05, 4.69) is 14.9 Å². The lowest BCUT2D eigenvalue weighted by Gasteiger charge is -2.20. The first-order valence-electron chi connectivity index (χ1n) is 6.80. The molecule has 0 aliphatic carbocycles. The van der Waals surface area contributed by atoms with E-state index in [1.165, 1.54) is 0 Å². The van der Waals surface area contributed by atoms with Crippen molar-refractivity contribution in [1.29, 1.82) is 0 Å². The Kier molecular flexibility index (Phi) is 3.44. The van der Waals surface area contributed by atoms with Crippen molar-refractivity contribution in [3.63, 3.8) is 0 Å². The van der Waals surface area contributed by atoms with Gasteiger partial charge in [0, 0.05) is 18.1 Å². The zero-order valence-corrected chi connectivity index (χ0v) is 12.4. The van der Waals surface area contributed by atoms with Gasteiger partial charge in [0.05, 0.1) is 12.6 Å². The molecule has 2 aromatic carbocycles. The zero-order valence-electron chi connectivity index (χ0n) is 12.4. The average molecular weight is 278 g/mol. The molecule has 0 N–H and O–H groups in total. The number of para-hydroxylation sites is 1. The number of ether oxygens (including phenoxy) is 1. The Labute approximate surface area is 124 Å². The summed E-state index contributed by atoms with van der Waals surface area (Å²) < 4.78 is 5.20. The van der Waals surface area contributed by atoms with Gasteiger partial charge in [-0.1, -0.05) is 12.1 Å². The average Bonchev–Trinajstić information content (AvgIpc) is 2.53. The molecular weight excluding hydrogens is 261 g/mol. The number of methoxy groups -OCH3 is 1. The number of nitrogens with zero attached hydrogens (tertiary/aromatic N) is 3. The molecule has 0 fully saturated rings. The molecule has 3 rings (SSSR count). The van der Waals surface area contributed by atoms with Crippen molar-refractivity contribution in [2.24, 2.45) is 0 Å². The van der Waals surface area contributed by atoms with Crippen molar-refractivity contribution < 1.29 is 4.74 Å². The quantitative estimate of drug-likeness (QED) is 0.732. The van der Waals surface area contributed by atoms with E-state index in [0.29, 0.717) is 0 Å². The lowest BCUT2D eigenvalue weighted by atomic mass is 10.2. The number of anilines is 2. The van der Waals surface area contributed by atoms with Gasteiger partial charge in [0.2, 0.25) is 0 Å². The van der Waals surface area contributed by atoms with Crippen molar-refractivity contribution in [1.82, 2.24) is 9.97 Å². The van der Waals surface area contributed by atoms with Gasteiger partial charge in [-0.3, -0.25) is 0 Å². The van der Waals surface area contributed by atoms with Crippen LogP contribution in [0.25, 0.3) is 10.9 Å². The number of aryl methyl sites for hydroxylation is 1. The van der Waals surface area contributed by atoms with Crippen LogP contribution in [0.2, 0.25) is 0 Å². The molecule has 4 heteroatoms. The monoisotopic (exact) mass is 278 g/mol. The van der Waals surface area contributed by atoms with Gasteiger partial charge in [0.25, 0.3) is 0 Å². The minimum atomic E-state index is 0.768. The fourth-order valence-electron chi connectivity index (χ4n) is 2.36. The molecule has 0 saturated carbocycles. The summed E-state index contributed by atoms with van der Waals surface area (Å²) in [7, 11) is 3.68. The van der Waals surface area contributed by atoms with Crippen molar-refractivity contribution in [2.45, 2.75) is 6.92 Å². The first-order valence-corrected chi connectivity index (χ1v) is 6.80. The zero-order chi connectivity index (χ0) is 14.8. The maximum Gasteiger partial charge on any atom is 0.144 e. The third-order valence-corrected chi connectivity index (χ3v) is 3.47. The van der Waals surface area contributed by atoms with E-state index in [0.717, 1.165) is 34.0 Å². The Morgan fingerprint density at radius 1 is 0.952 bits per heavy atom. The minimum Gasteiger partial charge on any atom is -0.497 e. The maximum absolute atomic E-state index is 5.20. The molecule has 21 heavy (non-hydrogen) atoms. The van der Waals surface area contributed by atoms with Crippen LogP contribution in [0.3, 0.4) is 0 Å². The summed E-state index contributed by atoms with van der Waals surface area (Å²) in [6.07, 6.45) is 0. The van der Waals surface area contributed by atoms with Crippen molar-refractivity contribution in [2.75, 3.05) is 19.1 Å². The summed E-state index contributed by atoms with van der Waals surface area (Å²) in [6, 6.07) is 16.0. The second-order valence-electron chi connectivity index (χ2n) is 4.87. The molecule has 0 aliphatic heterocycles. The molecule has 0 atom stereocenters. The van der Waals surface area contributed by atoms with Gasteiger partial charge in [-0.05, 0) is 43.3 Å². The van der Waals surface area contributed by atoms with Gasteiger partial charge in [-0.2, -0.15) is 0 Å². The SMILES string of the molecule is Cc1nc(N(C)c2ccc(O[11CH3])cc2)c2ccccc2n1. The van der Waals surface area contributed by atoms with Gasteiger partial charge in [0.1, 0.15) is 17.4 Å². The largest absolute Gasteiger partial charge is 0.497 e. The molecule has 3 aromatic rings. The Morgan fingerprint density at radius 3 is 2.38 bits per heavy atom. The molecule has 0 spiro atoms. The summed E-state index contributed by atoms with van der Waals surface area (Å²) in [5.74, 6) is 2.52. The predicted molar refractivity (Wildman–Crippen MR) is 85.3 cm³/mol. The van der Waals surface area contributed by atoms with Gasteiger partial charge in [-0.25, -0.2) is 9.97 Å². The molecular formula is C17H17N3O. The van der Waals surface area contributed by atoms with Crippen LogP contribution in [0, 0.1) is 6.92 Å². The van der Waals surface area contributed by atoms with E-state index >= 15 is 0 Å². The van der Waals surface area contributed by atoms with Crippen LogP contribution in [0.1, 0.15) is 5.82 Å². The molecule has 1 aromatic heterocycles. The summed E-state index contributed by atoms with van der Waals surface area (Å²) in [4.78, 5) is 11.2. The maximum atomic E-state index is 5.20. The highest BCUT2D eigenvalue weighted by Crippen LogP contribution is 2.29. The Bertz CT molecular complexity index is 769. The van der Waals surface area contributed by atoms with Gasteiger partial charge in [-0.15, -0.1) is 0 Å². The Hall–Kier alpha value is -2.62. The molecule has 0 saturated heterocycles. The lowest BCUT2D eigenvalue weighted by Crippen LogP contribution is -2.12. The van der Waals surface area contributed by atoms with E-state index in [9.17, 15) is 0 Å². The molecule has 0 radical (unpaired) electrons. The summed E-state index contributed by atoms with van der Waals surface area (Å²) in [5, 5.41) is 1.04. The molecule has 0 aliphatic rings. The number of rotatable bonds is 3. The second-order valence-corrected chi connectivity index (χ2v) is 4.87. The van der Waals surface area contributed by atoms with Gasteiger partial charge in [0.15, 0.2) is 0 Å². The Balaban J connectivity index is 2.09. The van der Waals surface area contributed by atoms with Crippen LogP contribution in [0.5, 0.6) is 5.75 Å². The fourth-order valence-corrected chi connectivity index (χ4v) is 2.36. The summed E-state index contributed by atoms with van der Waals surface area (Å²) in [5.41, 5.74) is 2.01. The minimum absolute atomic E-state index is 0.768. The molecule has 0 unspecified atom stereocenters. The highest BCUT2D eigenvalue weighted by molar-refractivity contribution is 5.91. The number of hydrogen-bond donors (Lipinski definition) is 0. The Morgan fingerprint density at radius 2 is 1.67 bits per heavy atom. The van der Waals surface area contributed by atoms with E-state index in [4.69, 9.17) is 4.74 Å². The molecule has 4 nitrogen and oxygen atoms in total. The smallest absolute Gasteiger partial charge is 0.144 e. The third kappa shape index (κ3) is 2.52. The highest BCUT2D eigenvalue weighted by atomic mass is 16.4. The van der Waals surface area contributed by atoms with Gasteiger partial charge < -0.3 is 9.64 Å². The van der Waals surface area contributed by atoms with Crippen molar-refractivity contribution in [3.8, 4) is 5.75 Å². The normalized spacial score (nSPS) is 10.6. The lowest BCUT2D eigenvalue weighted by molar-refractivity contribution is 0.415. The van der Waals surface area contributed by atoms with Crippen molar-refractivity contribution in [3.05, 3.63) is 54.4 Å². The standard InChI is InChI=1S/C17H17N3O/c1-12-18-16-7-5-4-6-15(16)17(19-12)20(2)13-8-10-14(21-3)11-9-13/h4-11H,1-3H3/i3-1. The molecule has 1 heterocycles. The number of benzene rings is 2. The van der Waals surface area contributed by atoms with E-state index in [1.807, 2.05) is 62.5 Å². The molecule has 0 amide bonds. The van der Waals surface area contributed by atoms with E-state index in [-0.39, 0.29) is 0 Å². The topological polar surface area (TPSA) is 38.2 Å². The van der Waals surface area contributed by atoms with E-state index in [1.54, 1.807) is 7.11 Å². The van der Waals surface area contributed by atoms with Crippen molar-refractivity contribution >= 4 is 22.4 Å². The van der Waals surface area contributed by atoms with Crippen LogP contribution < -0.4 is 9.64 Å². The summed E-state index contributed by atoms with van der Waals surface area (Å²) in [6.45, 7) is 1.91. The second kappa shape index (κ2) is 5.40. The van der Waals surface area contributed by atoms with Crippen LogP contribution >= 0.6 is 0 Å². The van der Waals surface area contributed by atoms with Gasteiger partial charge >= 0.3 is 0 Å². The fraction of sp³-hybridized carbons (Fsp3) is 0.176. The first-order chi connectivity index (χ1) is 10.2. The number of aromatic nitrogens is 2. The van der Waals surface area contributed by atoms with Crippen LogP contribution in [0.4, 0.5) is 11.5 Å². The first kappa shape index (κ1) is 13.4. The summed E-state index contributed by atoms with van der Waals surface area (Å²) >= 11 is 0. The highest BCUT2D eigenvalue weighted by Gasteiger charge is 2.11. The number of hydrogen-bond acceptors (Lipinski definition) is 4. The van der Waals surface area contributed by atoms with Crippen LogP contribution in [-0.4, -0.2) is 24.1 Å². The van der Waals surface area contributed by atoms with Crippen LogP contribution in [-0.2, 0) is 0 Å². The number of fused-ring (bicyclic) bond motifs is 1. The third-order valence-electron chi connectivity index (χ3n) is 3.47. The van der Waals surface area contributed by atoms with E-state index < -0.39 is 0 Å². The predicted octanol–water partition coefficient (Wildman–Crippen LogP) is 3.71. The van der Waals surface area contributed by atoms with Crippen LogP contribution in [0.15, 0.2) is 48.5 Å². The molecule has 0 bridgehead atoms.